The van der Waals surface area contributed by atoms with E-state index < -0.39 is 15.1 Å². The van der Waals surface area contributed by atoms with E-state index in [1.807, 2.05) is 60.4 Å². The van der Waals surface area contributed by atoms with Crippen molar-refractivity contribution in [1.82, 2.24) is 9.97 Å². The highest BCUT2D eigenvalue weighted by Gasteiger charge is 2.35. The molecule has 9 heteroatoms. The molecule has 0 amide bonds. The van der Waals surface area contributed by atoms with Crippen LogP contribution >= 0.6 is 11.6 Å². The third kappa shape index (κ3) is 4.60. The van der Waals surface area contributed by atoms with E-state index in [0.717, 1.165) is 11.3 Å². The molecule has 1 saturated heterocycles. The van der Waals surface area contributed by atoms with Gasteiger partial charge in [0.25, 0.3) is 0 Å². The fraction of sp³-hybridized carbons (Fsp3) is 0.222. The van der Waals surface area contributed by atoms with Crippen LogP contribution in [-0.2, 0) is 9.84 Å². The van der Waals surface area contributed by atoms with Crippen LogP contribution in [0.25, 0.3) is 11.0 Å². The fourth-order valence-electron chi connectivity index (χ4n) is 4.40. The summed E-state index contributed by atoms with van der Waals surface area (Å²) < 4.78 is 27.2. The van der Waals surface area contributed by atoms with Gasteiger partial charge in [-0.15, -0.1) is 0 Å². The van der Waals surface area contributed by atoms with Gasteiger partial charge in [-0.3, -0.25) is 0 Å². The van der Waals surface area contributed by atoms with Crippen molar-refractivity contribution in [2.24, 2.45) is 0 Å². The number of hydrogen-bond acceptors (Lipinski definition) is 7. The molecular formula is C27H24ClN5O2S. The molecule has 7 nitrogen and oxygen atoms in total. The zero-order chi connectivity index (χ0) is 25.3. The highest BCUT2D eigenvalue weighted by atomic mass is 35.5. The van der Waals surface area contributed by atoms with Crippen molar-refractivity contribution < 1.29 is 8.42 Å². The van der Waals surface area contributed by atoms with Crippen molar-refractivity contribution in [2.75, 3.05) is 36.0 Å². The summed E-state index contributed by atoms with van der Waals surface area (Å²) in [5.74, 6) is 0.432. The predicted molar refractivity (Wildman–Crippen MR) is 142 cm³/mol. The van der Waals surface area contributed by atoms with Gasteiger partial charge in [0.05, 0.1) is 22.0 Å². The van der Waals surface area contributed by atoms with Crippen molar-refractivity contribution in [3.8, 4) is 6.07 Å². The number of piperazine rings is 1. The molecule has 0 saturated carbocycles. The Balaban J connectivity index is 1.54. The highest BCUT2D eigenvalue weighted by molar-refractivity contribution is 7.92. The number of hydrogen-bond donors (Lipinski definition) is 0. The molecule has 0 radical (unpaired) electrons. The summed E-state index contributed by atoms with van der Waals surface area (Å²) in [7, 11) is -4.02. The molecule has 4 aromatic rings. The van der Waals surface area contributed by atoms with Crippen molar-refractivity contribution >= 4 is 44.0 Å². The molecular weight excluding hydrogens is 494 g/mol. The smallest absolute Gasteiger partial charge is 0.200 e. The Kier molecular flexibility index (Phi) is 6.52. The van der Waals surface area contributed by atoms with Crippen LogP contribution in [0, 0.1) is 18.3 Å². The van der Waals surface area contributed by atoms with Gasteiger partial charge in [0.2, 0.25) is 9.84 Å². The minimum atomic E-state index is -4.02. The molecule has 36 heavy (non-hydrogen) atoms. The summed E-state index contributed by atoms with van der Waals surface area (Å²) in [6, 6.07) is 23.5. The van der Waals surface area contributed by atoms with Crippen LogP contribution in [0.2, 0.25) is 5.02 Å². The number of para-hydroxylation sites is 2. The average Bonchev–Trinajstić information content (AvgIpc) is 2.89. The lowest BCUT2D eigenvalue weighted by Gasteiger charge is -2.37. The Hall–Kier alpha value is -3.67. The second-order valence-electron chi connectivity index (χ2n) is 8.74. The third-order valence-electron chi connectivity index (χ3n) is 6.36. The third-order valence-corrected chi connectivity index (χ3v) is 8.47. The number of rotatable bonds is 5. The first kappa shape index (κ1) is 24.0. The second-order valence-corrected chi connectivity index (χ2v) is 11.2. The maximum absolute atomic E-state index is 13.6. The molecule has 1 aliphatic rings. The zero-order valence-electron chi connectivity index (χ0n) is 19.7. The average molecular weight is 518 g/mol. The number of halogens is 1. The predicted octanol–water partition coefficient (Wildman–Crippen LogP) is 4.96. The summed E-state index contributed by atoms with van der Waals surface area (Å²) >= 11 is 6.17. The lowest BCUT2D eigenvalue weighted by Crippen LogP contribution is -2.47. The Labute approximate surface area is 215 Å². The molecule has 1 aromatic heterocycles. The number of fused-ring (bicyclic) bond motifs is 1. The van der Waals surface area contributed by atoms with Crippen molar-refractivity contribution in [3.63, 3.8) is 0 Å². The monoisotopic (exact) mass is 517 g/mol. The van der Waals surface area contributed by atoms with E-state index in [0.29, 0.717) is 48.1 Å². The van der Waals surface area contributed by atoms with Crippen LogP contribution in [0.5, 0.6) is 0 Å². The van der Waals surface area contributed by atoms with Gasteiger partial charge in [-0.25, -0.2) is 18.4 Å². The molecule has 182 valence electrons. The van der Waals surface area contributed by atoms with Gasteiger partial charge in [-0.1, -0.05) is 47.5 Å². The number of nitriles is 1. The van der Waals surface area contributed by atoms with E-state index in [1.165, 1.54) is 12.1 Å². The van der Waals surface area contributed by atoms with Crippen LogP contribution < -0.4 is 9.80 Å². The second kappa shape index (κ2) is 9.76. The summed E-state index contributed by atoms with van der Waals surface area (Å²) in [6.07, 6.45) is 0. The maximum atomic E-state index is 13.6. The lowest BCUT2D eigenvalue weighted by molar-refractivity contribution is 0.589. The van der Waals surface area contributed by atoms with E-state index in [9.17, 15) is 13.7 Å². The van der Waals surface area contributed by atoms with Gasteiger partial charge in [-0.05, 0) is 49.4 Å². The molecule has 0 spiro atoms. The summed E-state index contributed by atoms with van der Waals surface area (Å²) in [6.45, 7) is 4.45. The largest absolute Gasteiger partial charge is 0.368 e. The first-order chi connectivity index (χ1) is 17.4. The van der Waals surface area contributed by atoms with E-state index in [4.69, 9.17) is 16.6 Å². The number of sulfone groups is 1. The van der Waals surface area contributed by atoms with Crippen molar-refractivity contribution in [3.05, 3.63) is 89.1 Å². The van der Waals surface area contributed by atoms with E-state index in [2.05, 4.69) is 9.88 Å². The summed E-state index contributed by atoms with van der Waals surface area (Å²) in [5.41, 5.74) is 3.33. The van der Waals surface area contributed by atoms with Crippen LogP contribution in [0.4, 0.5) is 11.5 Å². The summed E-state index contributed by atoms with van der Waals surface area (Å²) in [4.78, 5) is 13.8. The lowest BCUT2D eigenvalue weighted by atomic mass is 10.2. The van der Waals surface area contributed by atoms with E-state index in [1.54, 1.807) is 18.2 Å². The highest BCUT2D eigenvalue weighted by Crippen LogP contribution is 2.34. The molecule has 0 aliphatic carbocycles. The molecule has 5 rings (SSSR count). The van der Waals surface area contributed by atoms with Gasteiger partial charge < -0.3 is 9.80 Å². The van der Waals surface area contributed by atoms with Crippen molar-refractivity contribution in [1.29, 1.82) is 5.26 Å². The first-order valence-corrected chi connectivity index (χ1v) is 13.5. The Morgan fingerprint density at radius 1 is 0.889 bits per heavy atom. The van der Waals surface area contributed by atoms with Gasteiger partial charge in [0.1, 0.15) is 5.69 Å². The number of aromatic nitrogens is 2. The SMILES string of the molecule is Cc1ccc(S(=O)(=O)[C@@H](C#N)c2nc3ccccc3nc2N2CCN(c3cccc(Cl)c3)CC2)cc1. The quantitative estimate of drug-likeness (QED) is 0.369. The molecule has 0 unspecified atom stereocenters. The van der Waals surface area contributed by atoms with Crippen LogP contribution in [0.15, 0.2) is 77.7 Å². The topological polar surface area (TPSA) is 90.2 Å². The number of anilines is 2. The normalized spacial score (nSPS) is 15.0. The van der Waals surface area contributed by atoms with Gasteiger partial charge in [0, 0.05) is 36.9 Å². The Bertz CT molecular complexity index is 1560. The number of benzene rings is 3. The standard InChI is InChI=1S/C27H24ClN5O2S/c1-19-9-11-22(12-10-19)36(34,35)25(18-29)26-27(31-24-8-3-2-7-23(24)30-26)33-15-13-32(14-16-33)21-6-4-5-20(28)17-21/h2-12,17,25H,13-16H2,1H3/t25-/m0/s1. The first-order valence-electron chi connectivity index (χ1n) is 11.6. The minimum absolute atomic E-state index is 0.0892. The molecule has 0 N–H and O–H groups in total. The molecule has 1 atom stereocenters. The van der Waals surface area contributed by atoms with Gasteiger partial charge in [0.15, 0.2) is 11.1 Å². The fourth-order valence-corrected chi connectivity index (χ4v) is 5.97. The number of aryl methyl sites for hydroxylation is 1. The van der Waals surface area contributed by atoms with Gasteiger partial charge >= 0.3 is 0 Å². The van der Waals surface area contributed by atoms with Gasteiger partial charge in [-0.2, -0.15) is 5.26 Å². The number of nitrogens with zero attached hydrogens (tertiary/aromatic N) is 5. The maximum Gasteiger partial charge on any atom is 0.200 e. The summed E-state index contributed by atoms with van der Waals surface area (Å²) in [5, 5.41) is 9.30. The minimum Gasteiger partial charge on any atom is -0.368 e. The molecule has 1 aliphatic heterocycles. The van der Waals surface area contributed by atoms with Crippen LogP contribution in [0.3, 0.4) is 0 Å². The molecule has 0 bridgehead atoms. The Morgan fingerprint density at radius 2 is 1.53 bits per heavy atom. The van der Waals surface area contributed by atoms with Crippen LogP contribution in [0.1, 0.15) is 16.5 Å². The molecule has 1 fully saturated rings. The van der Waals surface area contributed by atoms with E-state index in [-0.39, 0.29) is 10.6 Å². The zero-order valence-corrected chi connectivity index (χ0v) is 21.2. The molecule has 2 heterocycles. The van der Waals surface area contributed by atoms with Crippen molar-refractivity contribution in [2.45, 2.75) is 17.1 Å². The van der Waals surface area contributed by atoms with Crippen LogP contribution in [-0.4, -0.2) is 44.6 Å². The van der Waals surface area contributed by atoms with E-state index >= 15 is 0 Å². The Morgan fingerprint density at radius 3 is 2.17 bits per heavy atom. The molecule has 3 aromatic carbocycles.